The molecule has 6 nitrogen and oxygen atoms in total. The Morgan fingerprint density at radius 1 is 1.17 bits per heavy atom. The van der Waals surface area contributed by atoms with Crippen molar-refractivity contribution < 1.29 is 13.2 Å². The van der Waals surface area contributed by atoms with E-state index in [1.54, 1.807) is 18.2 Å². The number of hydrogen-bond acceptors (Lipinski definition) is 5. The summed E-state index contributed by atoms with van der Waals surface area (Å²) in [4.78, 5) is 17.5. The van der Waals surface area contributed by atoms with Crippen LogP contribution in [0.25, 0.3) is 10.2 Å². The molecule has 1 N–H and O–H groups in total. The lowest BCUT2D eigenvalue weighted by Gasteiger charge is -2.15. The first-order valence-corrected chi connectivity index (χ1v) is 12.0. The van der Waals surface area contributed by atoms with Crippen molar-refractivity contribution in [1.82, 2.24) is 9.29 Å². The fourth-order valence-electron chi connectivity index (χ4n) is 3.65. The Bertz CT molecular complexity index is 1120. The molecular weight excluding hydrogens is 406 g/mol. The van der Waals surface area contributed by atoms with Gasteiger partial charge < -0.3 is 5.32 Å². The zero-order valence-electron chi connectivity index (χ0n) is 16.2. The maximum absolute atomic E-state index is 12.8. The minimum atomic E-state index is -3.47. The molecule has 152 valence electrons. The molecule has 1 atom stereocenters. The third-order valence-corrected chi connectivity index (χ3v) is 8.05. The van der Waals surface area contributed by atoms with Gasteiger partial charge in [-0.2, -0.15) is 4.31 Å². The van der Waals surface area contributed by atoms with E-state index in [0.717, 1.165) is 23.1 Å². The van der Waals surface area contributed by atoms with Crippen LogP contribution in [0.4, 0.5) is 5.13 Å². The highest BCUT2D eigenvalue weighted by Crippen LogP contribution is 2.31. The number of carbonyl (C=O) groups is 1. The largest absolute Gasteiger partial charge is 0.301 e. The lowest BCUT2D eigenvalue weighted by Crippen LogP contribution is -2.27. The average Bonchev–Trinajstić information content (AvgIpc) is 3.38. The van der Waals surface area contributed by atoms with Gasteiger partial charge in [-0.25, -0.2) is 13.4 Å². The molecule has 0 saturated carbocycles. The van der Waals surface area contributed by atoms with Crippen LogP contribution in [0, 0.1) is 0 Å². The monoisotopic (exact) mass is 429 g/mol. The molecule has 1 aliphatic rings. The van der Waals surface area contributed by atoms with Gasteiger partial charge in [-0.15, -0.1) is 0 Å². The fourth-order valence-corrected chi connectivity index (χ4v) is 6.17. The Morgan fingerprint density at radius 2 is 1.90 bits per heavy atom. The van der Waals surface area contributed by atoms with E-state index in [-0.39, 0.29) is 16.7 Å². The number of aromatic nitrogens is 1. The predicted octanol–water partition coefficient (Wildman–Crippen LogP) is 4.21. The molecule has 1 saturated heterocycles. The molecule has 1 amide bonds. The highest BCUT2D eigenvalue weighted by Gasteiger charge is 2.27. The van der Waals surface area contributed by atoms with Gasteiger partial charge in [0.15, 0.2) is 5.13 Å². The van der Waals surface area contributed by atoms with E-state index in [1.807, 2.05) is 37.3 Å². The van der Waals surface area contributed by atoms with Crippen molar-refractivity contribution in [2.24, 2.45) is 0 Å². The molecule has 0 bridgehead atoms. The molecular formula is C21H23N3O3S2. The van der Waals surface area contributed by atoms with Crippen LogP contribution >= 0.6 is 11.3 Å². The van der Waals surface area contributed by atoms with Crippen molar-refractivity contribution in [3.63, 3.8) is 0 Å². The number of nitrogens with one attached hydrogen (secondary N) is 1. The van der Waals surface area contributed by atoms with Crippen LogP contribution in [-0.4, -0.2) is 36.7 Å². The van der Waals surface area contributed by atoms with Crippen molar-refractivity contribution in [1.29, 1.82) is 0 Å². The van der Waals surface area contributed by atoms with E-state index >= 15 is 0 Å². The standard InChI is InChI=1S/C21H23N3O3S2/c1-2-17(15-8-4-3-5-9-15)20(25)23-21-22-18-11-10-16(14-19(18)28-21)29(26,27)24-12-6-7-13-24/h3-5,8-11,14,17H,2,6-7,12-13H2,1H3,(H,22,23,25)/t17-/m1/s1. The van der Waals surface area contributed by atoms with E-state index in [1.165, 1.54) is 15.6 Å². The van der Waals surface area contributed by atoms with Crippen molar-refractivity contribution >= 4 is 42.6 Å². The average molecular weight is 430 g/mol. The van der Waals surface area contributed by atoms with Gasteiger partial charge in [0.1, 0.15) is 0 Å². The number of nitrogens with zero attached hydrogens (tertiary/aromatic N) is 2. The third-order valence-electron chi connectivity index (χ3n) is 5.22. The van der Waals surface area contributed by atoms with Crippen LogP contribution in [0.1, 0.15) is 37.7 Å². The van der Waals surface area contributed by atoms with Gasteiger partial charge in [-0.1, -0.05) is 48.6 Å². The number of carbonyl (C=O) groups excluding carboxylic acids is 1. The van der Waals surface area contributed by atoms with Crippen LogP contribution < -0.4 is 5.32 Å². The number of fused-ring (bicyclic) bond motifs is 1. The molecule has 0 radical (unpaired) electrons. The van der Waals surface area contributed by atoms with Gasteiger partial charge >= 0.3 is 0 Å². The molecule has 2 aromatic carbocycles. The molecule has 0 aliphatic carbocycles. The second kappa shape index (κ2) is 8.22. The lowest BCUT2D eigenvalue weighted by molar-refractivity contribution is -0.117. The first-order valence-electron chi connectivity index (χ1n) is 9.75. The van der Waals surface area contributed by atoms with Crippen molar-refractivity contribution in [3.8, 4) is 0 Å². The molecule has 8 heteroatoms. The summed E-state index contributed by atoms with van der Waals surface area (Å²) in [7, 11) is -3.47. The number of rotatable bonds is 6. The molecule has 1 fully saturated rings. The molecule has 2 heterocycles. The number of thiazole rings is 1. The number of anilines is 1. The first-order chi connectivity index (χ1) is 14.0. The van der Waals surface area contributed by atoms with E-state index in [9.17, 15) is 13.2 Å². The Kier molecular flexibility index (Phi) is 5.67. The Hall–Kier alpha value is -2.29. The maximum atomic E-state index is 12.8. The molecule has 3 aromatic rings. The highest BCUT2D eigenvalue weighted by atomic mass is 32.2. The summed E-state index contributed by atoms with van der Waals surface area (Å²) in [6.45, 7) is 3.12. The van der Waals surface area contributed by atoms with Crippen LogP contribution in [-0.2, 0) is 14.8 Å². The summed E-state index contributed by atoms with van der Waals surface area (Å²) in [5, 5.41) is 3.38. The van der Waals surface area contributed by atoms with Crippen molar-refractivity contribution in [3.05, 3.63) is 54.1 Å². The maximum Gasteiger partial charge on any atom is 0.243 e. The summed E-state index contributed by atoms with van der Waals surface area (Å²) in [5.41, 5.74) is 1.64. The minimum Gasteiger partial charge on any atom is -0.301 e. The summed E-state index contributed by atoms with van der Waals surface area (Å²) >= 11 is 1.30. The molecule has 0 unspecified atom stereocenters. The highest BCUT2D eigenvalue weighted by molar-refractivity contribution is 7.89. The number of benzene rings is 2. The molecule has 1 aromatic heterocycles. The van der Waals surface area contributed by atoms with Gasteiger partial charge in [0.25, 0.3) is 0 Å². The SMILES string of the molecule is CC[C@@H](C(=O)Nc1nc2ccc(S(=O)(=O)N3CCCC3)cc2s1)c1ccccc1. The van der Waals surface area contributed by atoms with E-state index in [4.69, 9.17) is 0 Å². The third kappa shape index (κ3) is 4.05. The Morgan fingerprint density at radius 3 is 2.59 bits per heavy atom. The molecule has 1 aliphatic heterocycles. The molecule has 29 heavy (non-hydrogen) atoms. The molecule has 4 rings (SSSR count). The smallest absolute Gasteiger partial charge is 0.243 e. The second-order valence-electron chi connectivity index (χ2n) is 7.12. The predicted molar refractivity (Wildman–Crippen MR) is 116 cm³/mol. The van der Waals surface area contributed by atoms with E-state index < -0.39 is 10.0 Å². The van der Waals surface area contributed by atoms with Gasteiger partial charge in [-0.3, -0.25) is 4.79 Å². The van der Waals surface area contributed by atoms with Crippen molar-refractivity contribution in [2.75, 3.05) is 18.4 Å². The second-order valence-corrected chi connectivity index (χ2v) is 10.1. The molecule has 0 spiro atoms. The number of sulfonamides is 1. The van der Waals surface area contributed by atoms with Crippen LogP contribution in [0.2, 0.25) is 0 Å². The van der Waals surface area contributed by atoms with Gasteiger partial charge in [0.05, 0.1) is 21.0 Å². The summed E-state index contributed by atoms with van der Waals surface area (Å²) in [6, 6.07) is 14.6. The lowest BCUT2D eigenvalue weighted by atomic mass is 9.96. The Balaban J connectivity index is 1.57. The quantitative estimate of drug-likeness (QED) is 0.636. The Labute approximate surface area is 174 Å². The van der Waals surface area contributed by atoms with Gasteiger partial charge in [0.2, 0.25) is 15.9 Å². The summed E-state index contributed by atoms with van der Waals surface area (Å²) < 4.78 is 27.9. The summed E-state index contributed by atoms with van der Waals surface area (Å²) in [6.07, 6.45) is 2.48. The minimum absolute atomic E-state index is 0.109. The van der Waals surface area contributed by atoms with E-state index in [2.05, 4.69) is 10.3 Å². The van der Waals surface area contributed by atoms with Gasteiger partial charge in [0, 0.05) is 13.1 Å². The first kappa shape index (κ1) is 20.0. The fraction of sp³-hybridized carbons (Fsp3) is 0.333. The van der Waals surface area contributed by atoms with Crippen molar-refractivity contribution in [2.45, 2.75) is 37.0 Å². The number of amides is 1. The number of hydrogen-bond donors (Lipinski definition) is 1. The van der Waals surface area contributed by atoms with Gasteiger partial charge in [-0.05, 0) is 43.0 Å². The van der Waals surface area contributed by atoms with Crippen LogP contribution in [0.15, 0.2) is 53.4 Å². The van der Waals surface area contributed by atoms with Crippen LogP contribution in [0.5, 0.6) is 0 Å². The van der Waals surface area contributed by atoms with Crippen LogP contribution in [0.3, 0.4) is 0 Å². The normalized spacial score (nSPS) is 16.2. The zero-order valence-corrected chi connectivity index (χ0v) is 17.8. The summed E-state index contributed by atoms with van der Waals surface area (Å²) in [5.74, 6) is -0.364. The van der Waals surface area contributed by atoms with E-state index in [0.29, 0.717) is 30.2 Å². The topological polar surface area (TPSA) is 79.4 Å². The zero-order chi connectivity index (χ0) is 20.4.